The first kappa shape index (κ1) is 18.9. The predicted molar refractivity (Wildman–Crippen MR) is 99.0 cm³/mol. The summed E-state index contributed by atoms with van der Waals surface area (Å²) >= 11 is 0. The summed E-state index contributed by atoms with van der Waals surface area (Å²) in [7, 11) is 0. The minimum absolute atomic E-state index is 0.378. The van der Waals surface area contributed by atoms with E-state index in [-0.39, 0.29) is 0 Å². The first-order valence-electron chi connectivity index (χ1n) is 10.1. The fourth-order valence-electron chi connectivity index (χ4n) is 4.03. The molecular formula is C19H35N3O3. The Balaban J connectivity index is 1.35. The molecule has 1 atom stereocenters. The third-order valence-electron chi connectivity index (χ3n) is 5.66. The Morgan fingerprint density at radius 3 is 2.88 bits per heavy atom. The zero-order valence-electron chi connectivity index (χ0n) is 15.8. The van der Waals surface area contributed by atoms with Gasteiger partial charge in [0.15, 0.2) is 5.96 Å². The van der Waals surface area contributed by atoms with E-state index in [1.165, 1.54) is 12.8 Å². The van der Waals surface area contributed by atoms with Crippen LogP contribution in [0.15, 0.2) is 4.99 Å². The average molecular weight is 354 g/mol. The molecule has 3 aliphatic rings. The molecule has 3 saturated heterocycles. The van der Waals surface area contributed by atoms with Crippen LogP contribution in [0.3, 0.4) is 0 Å². The molecule has 1 N–H and O–H groups in total. The molecule has 3 aliphatic heterocycles. The number of hydrogen-bond acceptors (Lipinski definition) is 4. The molecule has 0 aromatic rings. The fraction of sp³-hybridized carbons (Fsp3) is 0.947. The first-order chi connectivity index (χ1) is 12.3. The number of nitrogens with zero attached hydrogens (tertiary/aromatic N) is 2. The maximum atomic E-state index is 5.84. The van der Waals surface area contributed by atoms with Crippen LogP contribution in [0, 0.1) is 11.3 Å². The zero-order valence-corrected chi connectivity index (χ0v) is 15.8. The molecule has 6 heteroatoms. The lowest BCUT2D eigenvalue weighted by molar-refractivity contribution is 0.0205. The summed E-state index contributed by atoms with van der Waals surface area (Å²) < 4.78 is 16.9. The quantitative estimate of drug-likeness (QED) is 0.430. The second kappa shape index (κ2) is 9.74. The van der Waals surface area contributed by atoms with Gasteiger partial charge in [-0.1, -0.05) is 0 Å². The van der Waals surface area contributed by atoms with Crippen molar-refractivity contribution in [3.05, 3.63) is 0 Å². The van der Waals surface area contributed by atoms with Gasteiger partial charge in [0.2, 0.25) is 0 Å². The van der Waals surface area contributed by atoms with Crippen molar-refractivity contribution in [3.63, 3.8) is 0 Å². The van der Waals surface area contributed by atoms with E-state index in [2.05, 4.69) is 17.1 Å². The van der Waals surface area contributed by atoms with Crippen LogP contribution in [0.5, 0.6) is 0 Å². The van der Waals surface area contributed by atoms with E-state index in [9.17, 15) is 0 Å². The molecule has 3 fully saturated rings. The molecule has 3 heterocycles. The largest absolute Gasteiger partial charge is 0.381 e. The summed E-state index contributed by atoms with van der Waals surface area (Å²) in [4.78, 5) is 7.24. The van der Waals surface area contributed by atoms with E-state index in [4.69, 9.17) is 19.2 Å². The standard InChI is InChI=1S/C19H35N3O3/c1-2-20-18(22-9-6-19(15-22)7-13-25-16-19)21-8-3-10-24-14-17-4-11-23-12-5-17/h17H,2-16H2,1H3,(H,20,21). The van der Waals surface area contributed by atoms with E-state index in [1.807, 2.05) is 0 Å². The van der Waals surface area contributed by atoms with Crippen LogP contribution in [-0.4, -0.2) is 76.7 Å². The Kier molecular flexibility index (Phi) is 7.37. The van der Waals surface area contributed by atoms with Crippen LogP contribution in [0.4, 0.5) is 0 Å². The van der Waals surface area contributed by atoms with Crippen molar-refractivity contribution in [2.45, 2.75) is 39.0 Å². The minimum Gasteiger partial charge on any atom is -0.381 e. The molecule has 0 radical (unpaired) electrons. The van der Waals surface area contributed by atoms with Crippen molar-refractivity contribution in [3.8, 4) is 0 Å². The molecule has 6 nitrogen and oxygen atoms in total. The van der Waals surface area contributed by atoms with Gasteiger partial charge in [0.05, 0.1) is 6.61 Å². The van der Waals surface area contributed by atoms with E-state index < -0.39 is 0 Å². The number of guanidine groups is 1. The van der Waals surface area contributed by atoms with Gasteiger partial charge in [-0.05, 0) is 44.9 Å². The number of nitrogens with one attached hydrogen (secondary N) is 1. The molecule has 25 heavy (non-hydrogen) atoms. The van der Waals surface area contributed by atoms with Crippen molar-refractivity contribution in [1.29, 1.82) is 0 Å². The maximum Gasteiger partial charge on any atom is 0.193 e. The SMILES string of the molecule is CCNC(=NCCCOCC1CCOCC1)N1CCC2(CCOC2)C1. The minimum atomic E-state index is 0.378. The lowest BCUT2D eigenvalue weighted by atomic mass is 9.87. The van der Waals surface area contributed by atoms with Crippen LogP contribution in [0.2, 0.25) is 0 Å². The summed E-state index contributed by atoms with van der Waals surface area (Å²) in [6.07, 6.45) is 5.70. The molecule has 0 amide bonds. The van der Waals surface area contributed by atoms with E-state index in [0.29, 0.717) is 11.3 Å². The molecule has 0 aromatic carbocycles. The number of rotatable bonds is 7. The van der Waals surface area contributed by atoms with Crippen molar-refractivity contribution in [2.24, 2.45) is 16.3 Å². The number of hydrogen-bond donors (Lipinski definition) is 1. The Morgan fingerprint density at radius 1 is 1.24 bits per heavy atom. The average Bonchev–Trinajstić information content (AvgIpc) is 3.28. The smallest absolute Gasteiger partial charge is 0.193 e. The second-order valence-electron chi connectivity index (χ2n) is 7.69. The number of ether oxygens (including phenoxy) is 3. The predicted octanol–water partition coefficient (Wildman–Crippen LogP) is 1.90. The Morgan fingerprint density at radius 2 is 2.12 bits per heavy atom. The Labute approximate surface area is 152 Å². The van der Waals surface area contributed by atoms with E-state index in [0.717, 1.165) is 91.0 Å². The monoisotopic (exact) mass is 353 g/mol. The second-order valence-corrected chi connectivity index (χ2v) is 7.69. The third kappa shape index (κ3) is 5.56. The van der Waals surface area contributed by atoms with E-state index in [1.54, 1.807) is 0 Å². The fourth-order valence-corrected chi connectivity index (χ4v) is 4.03. The van der Waals surface area contributed by atoms with Crippen LogP contribution in [0.25, 0.3) is 0 Å². The number of aliphatic imine (C=N–C) groups is 1. The third-order valence-corrected chi connectivity index (χ3v) is 5.66. The van der Waals surface area contributed by atoms with Crippen LogP contribution < -0.4 is 5.32 Å². The van der Waals surface area contributed by atoms with Crippen LogP contribution >= 0.6 is 0 Å². The maximum absolute atomic E-state index is 5.84. The number of likely N-dealkylation sites (tertiary alicyclic amines) is 1. The van der Waals surface area contributed by atoms with Gasteiger partial charge in [-0.15, -0.1) is 0 Å². The normalized spacial score (nSPS) is 28.2. The first-order valence-corrected chi connectivity index (χ1v) is 10.1. The van der Waals surface area contributed by atoms with E-state index >= 15 is 0 Å². The van der Waals surface area contributed by atoms with Gasteiger partial charge in [0.25, 0.3) is 0 Å². The van der Waals surface area contributed by atoms with Crippen molar-refractivity contribution in [1.82, 2.24) is 10.2 Å². The van der Waals surface area contributed by atoms with Gasteiger partial charge < -0.3 is 24.4 Å². The highest BCUT2D eigenvalue weighted by Crippen LogP contribution is 2.38. The molecule has 144 valence electrons. The summed E-state index contributed by atoms with van der Waals surface area (Å²) in [5, 5.41) is 3.45. The highest BCUT2D eigenvalue weighted by molar-refractivity contribution is 5.80. The van der Waals surface area contributed by atoms with Crippen molar-refractivity contribution >= 4 is 5.96 Å². The van der Waals surface area contributed by atoms with Gasteiger partial charge >= 0.3 is 0 Å². The lowest BCUT2D eigenvalue weighted by Gasteiger charge is -2.25. The lowest BCUT2D eigenvalue weighted by Crippen LogP contribution is -2.41. The van der Waals surface area contributed by atoms with Gasteiger partial charge in [-0.25, -0.2) is 0 Å². The molecule has 0 aromatic heterocycles. The molecular weight excluding hydrogens is 318 g/mol. The highest BCUT2D eigenvalue weighted by Gasteiger charge is 2.42. The molecule has 0 aliphatic carbocycles. The summed E-state index contributed by atoms with van der Waals surface area (Å²) in [6.45, 7) is 11.4. The van der Waals surface area contributed by atoms with Crippen LogP contribution in [0.1, 0.15) is 39.0 Å². The Hall–Kier alpha value is -0.850. The summed E-state index contributed by atoms with van der Waals surface area (Å²) in [5.41, 5.74) is 0.378. The molecule has 0 saturated carbocycles. The van der Waals surface area contributed by atoms with Gasteiger partial charge in [0.1, 0.15) is 0 Å². The Bertz CT molecular complexity index is 418. The van der Waals surface area contributed by atoms with Gasteiger partial charge in [-0.2, -0.15) is 0 Å². The van der Waals surface area contributed by atoms with Crippen LogP contribution in [-0.2, 0) is 14.2 Å². The topological polar surface area (TPSA) is 55.3 Å². The highest BCUT2D eigenvalue weighted by atomic mass is 16.5. The molecule has 1 spiro atoms. The molecule has 1 unspecified atom stereocenters. The van der Waals surface area contributed by atoms with Gasteiger partial charge in [0, 0.05) is 64.6 Å². The molecule has 3 rings (SSSR count). The van der Waals surface area contributed by atoms with Crippen molar-refractivity contribution in [2.75, 3.05) is 65.8 Å². The summed E-state index contributed by atoms with van der Waals surface area (Å²) in [6, 6.07) is 0. The summed E-state index contributed by atoms with van der Waals surface area (Å²) in [5.74, 6) is 1.75. The van der Waals surface area contributed by atoms with Gasteiger partial charge in [-0.3, -0.25) is 4.99 Å². The zero-order chi connectivity index (χ0) is 17.4. The van der Waals surface area contributed by atoms with Crippen molar-refractivity contribution < 1.29 is 14.2 Å². The molecule has 0 bridgehead atoms.